The first kappa shape index (κ1) is 11.2. The Morgan fingerprint density at radius 1 is 1.43 bits per heavy atom. The van der Waals surface area contributed by atoms with Gasteiger partial charge in [-0.1, -0.05) is 0 Å². The lowest BCUT2D eigenvalue weighted by atomic mass is 10.2. The largest absolute Gasteiger partial charge is 0.496 e. The molecule has 76 valence electrons. The SMILES string of the molecule is COC(=O)c1cc(I)c(F)cc1OC. The number of halogens is 2. The van der Waals surface area contributed by atoms with Crippen molar-refractivity contribution in [2.24, 2.45) is 0 Å². The van der Waals surface area contributed by atoms with Crippen LogP contribution < -0.4 is 4.74 Å². The van der Waals surface area contributed by atoms with Gasteiger partial charge in [-0.05, 0) is 28.7 Å². The highest BCUT2D eigenvalue weighted by Crippen LogP contribution is 2.24. The van der Waals surface area contributed by atoms with E-state index in [9.17, 15) is 9.18 Å². The normalized spacial score (nSPS) is 9.71. The van der Waals surface area contributed by atoms with Crippen LogP contribution in [0.25, 0.3) is 0 Å². The van der Waals surface area contributed by atoms with E-state index in [2.05, 4.69) is 4.74 Å². The highest BCUT2D eigenvalue weighted by molar-refractivity contribution is 14.1. The van der Waals surface area contributed by atoms with E-state index in [-0.39, 0.29) is 11.3 Å². The van der Waals surface area contributed by atoms with Gasteiger partial charge in [-0.3, -0.25) is 0 Å². The summed E-state index contributed by atoms with van der Waals surface area (Å²) in [7, 11) is 2.63. The molecule has 0 spiro atoms. The zero-order chi connectivity index (χ0) is 10.7. The summed E-state index contributed by atoms with van der Waals surface area (Å²) < 4.78 is 22.8. The quantitative estimate of drug-likeness (QED) is 0.621. The van der Waals surface area contributed by atoms with E-state index in [4.69, 9.17) is 4.74 Å². The maximum absolute atomic E-state index is 13.1. The molecule has 0 radical (unpaired) electrons. The van der Waals surface area contributed by atoms with Crippen LogP contribution in [0.5, 0.6) is 5.75 Å². The van der Waals surface area contributed by atoms with E-state index >= 15 is 0 Å². The van der Waals surface area contributed by atoms with Crippen molar-refractivity contribution < 1.29 is 18.7 Å². The number of carbonyl (C=O) groups is 1. The highest BCUT2D eigenvalue weighted by Gasteiger charge is 2.15. The Labute approximate surface area is 94.3 Å². The summed E-state index contributed by atoms with van der Waals surface area (Å²) in [6.07, 6.45) is 0. The molecular weight excluding hydrogens is 302 g/mol. The van der Waals surface area contributed by atoms with Gasteiger partial charge in [0.15, 0.2) is 0 Å². The van der Waals surface area contributed by atoms with Gasteiger partial charge in [-0.15, -0.1) is 0 Å². The lowest BCUT2D eigenvalue weighted by Crippen LogP contribution is -2.05. The minimum atomic E-state index is -0.542. The van der Waals surface area contributed by atoms with Crippen LogP contribution in [0.15, 0.2) is 12.1 Å². The third kappa shape index (κ3) is 2.14. The molecule has 5 heteroatoms. The molecule has 0 saturated carbocycles. The van der Waals surface area contributed by atoms with E-state index < -0.39 is 11.8 Å². The maximum atomic E-state index is 13.1. The van der Waals surface area contributed by atoms with Gasteiger partial charge in [0.1, 0.15) is 17.1 Å². The summed E-state index contributed by atoms with van der Waals surface area (Å²) in [5.41, 5.74) is 0.223. The van der Waals surface area contributed by atoms with Gasteiger partial charge in [0.05, 0.1) is 14.2 Å². The number of hydrogen-bond acceptors (Lipinski definition) is 3. The van der Waals surface area contributed by atoms with Gasteiger partial charge in [-0.25, -0.2) is 9.18 Å². The minimum Gasteiger partial charge on any atom is -0.496 e. The lowest BCUT2D eigenvalue weighted by molar-refractivity contribution is 0.0597. The molecule has 1 aromatic carbocycles. The molecule has 0 atom stereocenters. The first-order valence-corrected chi connectivity index (χ1v) is 4.79. The summed E-state index contributed by atoms with van der Waals surface area (Å²) in [4.78, 5) is 11.2. The second-order valence-corrected chi connectivity index (χ2v) is 3.62. The van der Waals surface area contributed by atoms with E-state index in [0.29, 0.717) is 3.57 Å². The molecule has 0 bridgehead atoms. The standard InChI is InChI=1S/C9H8FIO3/c1-13-8-4-6(10)7(11)3-5(8)9(12)14-2/h3-4H,1-2H3. The number of carbonyl (C=O) groups excluding carboxylic acids is 1. The predicted molar refractivity (Wildman–Crippen MR) is 57.0 cm³/mol. The van der Waals surface area contributed by atoms with E-state index in [1.165, 1.54) is 20.3 Å². The van der Waals surface area contributed by atoms with Crippen molar-refractivity contribution in [3.63, 3.8) is 0 Å². The topological polar surface area (TPSA) is 35.5 Å². The van der Waals surface area contributed by atoms with Crippen LogP contribution in [0.2, 0.25) is 0 Å². The van der Waals surface area contributed by atoms with E-state index in [1.807, 2.05) is 0 Å². The van der Waals surface area contributed by atoms with Gasteiger partial charge in [-0.2, -0.15) is 0 Å². The molecule has 0 heterocycles. The van der Waals surface area contributed by atoms with Crippen molar-refractivity contribution in [2.45, 2.75) is 0 Å². The van der Waals surface area contributed by atoms with Crippen molar-refractivity contribution in [3.8, 4) is 5.75 Å². The van der Waals surface area contributed by atoms with Crippen molar-refractivity contribution in [2.75, 3.05) is 14.2 Å². The molecular formula is C9H8FIO3. The van der Waals surface area contributed by atoms with E-state index in [0.717, 1.165) is 6.07 Å². The summed E-state index contributed by atoms with van der Waals surface area (Å²) in [6.45, 7) is 0. The van der Waals surface area contributed by atoms with E-state index in [1.54, 1.807) is 22.6 Å². The average Bonchev–Trinajstić information content (AvgIpc) is 2.20. The summed E-state index contributed by atoms with van der Waals surface area (Å²) in [5, 5.41) is 0. The molecule has 3 nitrogen and oxygen atoms in total. The Bertz CT molecular complexity index is 365. The summed E-state index contributed by atoms with van der Waals surface area (Å²) in [6, 6.07) is 2.55. The Balaban J connectivity index is 3.27. The van der Waals surface area contributed by atoms with Gasteiger partial charge < -0.3 is 9.47 Å². The van der Waals surface area contributed by atoms with Gasteiger partial charge in [0.25, 0.3) is 0 Å². The average molecular weight is 310 g/mol. The smallest absolute Gasteiger partial charge is 0.341 e. The number of hydrogen-bond donors (Lipinski definition) is 0. The van der Waals surface area contributed by atoms with Crippen molar-refractivity contribution in [1.82, 2.24) is 0 Å². The molecule has 0 unspecified atom stereocenters. The predicted octanol–water partition coefficient (Wildman–Crippen LogP) is 2.23. The Kier molecular flexibility index (Phi) is 3.68. The van der Waals surface area contributed by atoms with Crippen LogP contribution in [0.4, 0.5) is 4.39 Å². The number of benzene rings is 1. The second kappa shape index (κ2) is 4.59. The van der Waals surface area contributed by atoms with Crippen molar-refractivity contribution in [3.05, 3.63) is 27.1 Å². The van der Waals surface area contributed by atoms with Crippen LogP contribution in [-0.2, 0) is 4.74 Å². The molecule has 0 N–H and O–H groups in total. The van der Waals surface area contributed by atoms with Gasteiger partial charge in [0.2, 0.25) is 0 Å². The summed E-state index contributed by atoms with van der Waals surface area (Å²) in [5.74, 6) is -0.787. The Hall–Kier alpha value is -0.850. The monoisotopic (exact) mass is 310 g/mol. The highest BCUT2D eigenvalue weighted by atomic mass is 127. The molecule has 0 aromatic heterocycles. The molecule has 1 rings (SSSR count). The van der Waals surface area contributed by atoms with Crippen LogP contribution in [0, 0.1) is 9.39 Å². The first-order chi connectivity index (χ1) is 6.60. The molecule has 0 amide bonds. The Morgan fingerprint density at radius 3 is 2.57 bits per heavy atom. The third-order valence-corrected chi connectivity index (χ3v) is 2.47. The molecule has 0 fully saturated rings. The van der Waals surface area contributed by atoms with Crippen molar-refractivity contribution >= 4 is 28.6 Å². The fourth-order valence-electron chi connectivity index (χ4n) is 0.967. The third-order valence-electron chi connectivity index (χ3n) is 1.65. The molecule has 0 aliphatic carbocycles. The van der Waals surface area contributed by atoms with Gasteiger partial charge >= 0.3 is 5.97 Å². The number of ether oxygens (including phenoxy) is 2. The van der Waals surface area contributed by atoms with Crippen LogP contribution in [0.1, 0.15) is 10.4 Å². The summed E-state index contributed by atoms with van der Waals surface area (Å²) >= 11 is 1.79. The fraction of sp³-hybridized carbons (Fsp3) is 0.222. The molecule has 0 aliphatic heterocycles. The zero-order valence-corrected chi connectivity index (χ0v) is 9.79. The van der Waals surface area contributed by atoms with Crippen molar-refractivity contribution in [1.29, 1.82) is 0 Å². The number of esters is 1. The molecule has 14 heavy (non-hydrogen) atoms. The number of methoxy groups -OCH3 is 2. The zero-order valence-electron chi connectivity index (χ0n) is 7.64. The van der Waals surface area contributed by atoms with Crippen LogP contribution in [-0.4, -0.2) is 20.2 Å². The lowest BCUT2D eigenvalue weighted by Gasteiger charge is -2.07. The van der Waals surface area contributed by atoms with Crippen LogP contribution in [0.3, 0.4) is 0 Å². The maximum Gasteiger partial charge on any atom is 0.341 e. The number of rotatable bonds is 2. The minimum absolute atomic E-state index is 0.176. The van der Waals surface area contributed by atoms with Crippen LogP contribution >= 0.6 is 22.6 Å². The first-order valence-electron chi connectivity index (χ1n) is 3.71. The molecule has 0 saturated heterocycles. The molecule has 1 aromatic rings. The van der Waals surface area contributed by atoms with Gasteiger partial charge in [0, 0.05) is 9.64 Å². The fourth-order valence-corrected chi connectivity index (χ4v) is 1.43. The molecule has 0 aliphatic rings. The Morgan fingerprint density at radius 2 is 2.07 bits per heavy atom. The second-order valence-electron chi connectivity index (χ2n) is 2.46.